The van der Waals surface area contributed by atoms with Gasteiger partial charge in [0.2, 0.25) is 0 Å². The molecule has 8 heteroatoms. The van der Waals surface area contributed by atoms with Crippen molar-refractivity contribution in [1.29, 1.82) is 0 Å². The van der Waals surface area contributed by atoms with Crippen LogP contribution < -0.4 is 0 Å². The molecule has 1 aliphatic rings. The van der Waals surface area contributed by atoms with E-state index < -0.39 is 0 Å². The number of aromatic nitrogens is 2. The van der Waals surface area contributed by atoms with E-state index >= 15 is 0 Å². The van der Waals surface area contributed by atoms with Crippen LogP contribution in [-0.2, 0) is 23.5 Å². The zero-order valence-corrected chi connectivity index (χ0v) is 20.7. The number of benzene rings is 1. The Balaban J connectivity index is 1.78. The Morgan fingerprint density at radius 2 is 1.93 bits per heavy atom. The number of ether oxygens (including phenoxy) is 1. The molecular formula is C21H22Cl2N2OS3. The predicted molar refractivity (Wildman–Crippen MR) is 127 cm³/mol. The van der Waals surface area contributed by atoms with Crippen molar-refractivity contribution in [2.75, 3.05) is 0 Å². The highest BCUT2D eigenvalue weighted by atomic mass is 35.5. The monoisotopic (exact) mass is 484 g/mol. The van der Waals surface area contributed by atoms with Crippen LogP contribution in [0.2, 0.25) is 10.0 Å². The first-order valence-corrected chi connectivity index (χ1v) is 12.9. The van der Waals surface area contributed by atoms with Gasteiger partial charge in [-0.2, -0.15) is 0 Å². The summed E-state index contributed by atoms with van der Waals surface area (Å²) in [4.78, 5) is 12.1. The summed E-state index contributed by atoms with van der Waals surface area (Å²) in [7, 11) is 0. The van der Waals surface area contributed by atoms with Crippen molar-refractivity contribution in [3.8, 4) is 0 Å². The Labute approximate surface area is 193 Å². The molecule has 0 radical (unpaired) electrons. The molecule has 1 aromatic carbocycles. The van der Waals surface area contributed by atoms with Crippen LogP contribution in [0.15, 0.2) is 28.4 Å². The highest BCUT2D eigenvalue weighted by molar-refractivity contribution is 8.00. The fraction of sp³-hybridized carbons (Fsp3) is 0.429. The van der Waals surface area contributed by atoms with Gasteiger partial charge in [-0.3, -0.25) is 0 Å². The van der Waals surface area contributed by atoms with E-state index in [9.17, 15) is 0 Å². The van der Waals surface area contributed by atoms with Crippen LogP contribution in [-0.4, -0.2) is 20.8 Å². The minimum absolute atomic E-state index is 0.180. The largest absolute Gasteiger partial charge is 0.370 e. The average Bonchev–Trinajstić information content (AvgIpc) is 2.97. The molecule has 0 atom stereocenters. The number of thiophene rings is 1. The fourth-order valence-electron chi connectivity index (χ4n) is 3.27. The zero-order chi connectivity index (χ0) is 20.8. The van der Waals surface area contributed by atoms with E-state index in [2.05, 4.69) is 27.7 Å². The standard InChI is InChI=1S/C21H22Cl2N2OS3/c1-11(2)28-20-24-18(27-10-13-14(22)6-5-7-15(13)23)17-12-8-21(3,4)26-9-16(12)29-19(17)25-20/h5-7,11H,8-10H2,1-4H3. The maximum Gasteiger partial charge on any atom is 0.190 e. The number of fused-ring (bicyclic) bond motifs is 3. The third kappa shape index (κ3) is 4.73. The second-order valence-corrected chi connectivity index (χ2v) is 12.3. The maximum absolute atomic E-state index is 6.40. The molecule has 0 amide bonds. The molecule has 154 valence electrons. The number of thioether (sulfide) groups is 2. The van der Waals surface area contributed by atoms with E-state index in [0.717, 1.165) is 27.0 Å². The minimum Gasteiger partial charge on any atom is -0.370 e. The lowest BCUT2D eigenvalue weighted by Gasteiger charge is -2.30. The summed E-state index contributed by atoms with van der Waals surface area (Å²) in [5.41, 5.74) is 2.09. The number of hydrogen-bond acceptors (Lipinski definition) is 6. The Hall–Kier alpha value is -0.500. The van der Waals surface area contributed by atoms with Crippen LogP contribution in [0.4, 0.5) is 0 Å². The van der Waals surface area contributed by atoms with Crippen LogP contribution >= 0.6 is 58.1 Å². The van der Waals surface area contributed by atoms with Crippen molar-refractivity contribution < 1.29 is 4.74 Å². The van der Waals surface area contributed by atoms with E-state index in [-0.39, 0.29) is 5.60 Å². The molecular weight excluding hydrogens is 463 g/mol. The highest BCUT2D eigenvalue weighted by Gasteiger charge is 2.31. The fourth-order valence-corrected chi connectivity index (χ4v) is 7.06. The topological polar surface area (TPSA) is 35.0 Å². The van der Waals surface area contributed by atoms with Crippen molar-refractivity contribution in [3.05, 3.63) is 44.2 Å². The molecule has 2 aromatic heterocycles. The molecule has 0 unspecified atom stereocenters. The van der Waals surface area contributed by atoms with Gasteiger partial charge in [0.25, 0.3) is 0 Å². The number of nitrogens with zero attached hydrogens (tertiary/aromatic N) is 2. The van der Waals surface area contributed by atoms with Gasteiger partial charge in [-0.05, 0) is 37.1 Å². The van der Waals surface area contributed by atoms with E-state index in [0.29, 0.717) is 27.7 Å². The molecule has 0 bridgehead atoms. The number of hydrogen-bond donors (Lipinski definition) is 0. The molecule has 1 aliphatic heterocycles. The van der Waals surface area contributed by atoms with Gasteiger partial charge >= 0.3 is 0 Å². The first-order chi connectivity index (χ1) is 13.7. The van der Waals surface area contributed by atoms with Gasteiger partial charge in [-0.15, -0.1) is 23.1 Å². The Morgan fingerprint density at radius 1 is 1.21 bits per heavy atom. The summed E-state index contributed by atoms with van der Waals surface area (Å²) in [5.74, 6) is 0.668. The van der Waals surface area contributed by atoms with Gasteiger partial charge in [0.05, 0.1) is 12.2 Å². The third-order valence-electron chi connectivity index (χ3n) is 4.63. The summed E-state index contributed by atoms with van der Waals surface area (Å²) in [5, 5.41) is 4.79. The normalized spacial score (nSPS) is 15.8. The van der Waals surface area contributed by atoms with Crippen LogP contribution in [0, 0.1) is 0 Å². The highest BCUT2D eigenvalue weighted by Crippen LogP contribution is 2.43. The van der Waals surface area contributed by atoms with Gasteiger partial charge in [0.15, 0.2) is 5.16 Å². The van der Waals surface area contributed by atoms with Crippen molar-refractivity contribution in [1.82, 2.24) is 9.97 Å². The summed E-state index contributed by atoms with van der Waals surface area (Å²) in [6.45, 7) is 9.23. The van der Waals surface area contributed by atoms with Crippen LogP contribution in [0.5, 0.6) is 0 Å². The molecule has 0 aliphatic carbocycles. The second kappa shape index (κ2) is 8.56. The van der Waals surface area contributed by atoms with E-state index in [4.69, 9.17) is 37.9 Å². The number of rotatable bonds is 5. The van der Waals surface area contributed by atoms with Gasteiger partial charge in [-0.25, -0.2) is 9.97 Å². The van der Waals surface area contributed by atoms with Crippen molar-refractivity contribution in [2.24, 2.45) is 0 Å². The molecule has 0 N–H and O–H groups in total. The smallest absolute Gasteiger partial charge is 0.190 e. The Bertz CT molecular complexity index is 1050. The Kier molecular flexibility index (Phi) is 6.41. The van der Waals surface area contributed by atoms with Gasteiger partial charge in [0.1, 0.15) is 9.86 Å². The summed E-state index contributed by atoms with van der Waals surface area (Å²) >= 11 is 17.9. The molecule has 3 nitrogen and oxygen atoms in total. The molecule has 3 aromatic rings. The SMILES string of the molecule is CC(C)Sc1nc(SCc2c(Cl)cccc2Cl)c2c3c(sc2n1)COC(C)(C)C3. The first-order valence-electron chi connectivity index (χ1n) is 9.42. The van der Waals surface area contributed by atoms with Crippen molar-refractivity contribution in [2.45, 2.75) is 67.5 Å². The quantitative estimate of drug-likeness (QED) is 0.211. The lowest BCUT2D eigenvalue weighted by Crippen LogP contribution is -2.31. The molecule has 0 saturated carbocycles. The van der Waals surface area contributed by atoms with Crippen LogP contribution in [0.1, 0.15) is 43.7 Å². The van der Waals surface area contributed by atoms with Gasteiger partial charge in [-0.1, -0.05) is 54.9 Å². The maximum atomic E-state index is 6.40. The van der Waals surface area contributed by atoms with Gasteiger partial charge in [0, 0.05) is 37.7 Å². The lowest BCUT2D eigenvalue weighted by molar-refractivity contribution is -0.0379. The van der Waals surface area contributed by atoms with Crippen molar-refractivity contribution >= 4 is 68.3 Å². The minimum atomic E-state index is -0.180. The predicted octanol–water partition coefficient (Wildman–Crippen LogP) is 7.64. The lowest BCUT2D eigenvalue weighted by atomic mass is 9.95. The van der Waals surface area contributed by atoms with E-state index in [1.807, 2.05) is 18.2 Å². The van der Waals surface area contributed by atoms with Crippen LogP contribution in [0.25, 0.3) is 10.2 Å². The van der Waals surface area contributed by atoms with Crippen LogP contribution in [0.3, 0.4) is 0 Å². The zero-order valence-electron chi connectivity index (χ0n) is 16.7. The molecule has 0 saturated heterocycles. The third-order valence-corrected chi connectivity index (χ3v) is 8.31. The molecule has 3 heterocycles. The molecule has 0 fully saturated rings. The van der Waals surface area contributed by atoms with Gasteiger partial charge < -0.3 is 4.74 Å². The summed E-state index contributed by atoms with van der Waals surface area (Å²) < 4.78 is 6.03. The van der Waals surface area contributed by atoms with E-state index in [1.165, 1.54) is 15.8 Å². The first kappa shape index (κ1) is 21.7. The second-order valence-electron chi connectivity index (χ2n) is 7.88. The molecule has 4 rings (SSSR count). The number of halogens is 2. The van der Waals surface area contributed by atoms with Crippen molar-refractivity contribution in [3.63, 3.8) is 0 Å². The Morgan fingerprint density at radius 3 is 2.62 bits per heavy atom. The van der Waals surface area contributed by atoms with E-state index in [1.54, 1.807) is 34.9 Å². The average molecular weight is 486 g/mol. The summed E-state index contributed by atoms with van der Waals surface area (Å²) in [6.07, 6.45) is 0.864. The molecule has 0 spiro atoms. The molecule has 29 heavy (non-hydrogen) atoms. The summed E-state index contributed by atoms with van der Waals surface area (Å²) in [6, 6.07) is 5.63.